The fourth-order valence-electron chi connectivity index (χ4n) is 2.60. The second-order valence-corrected chi connectivity index (χ2v) is 7.26. The largest absolute Gasteiger partial charge is 0.331 e. The summed E-state index contributed by atoms with van der Waals surface area (Å²) < 4.78 is 1.12. The first-order valence-corrected chi connectivity index (χ1v) is 9.07. The van der Waals surface area contributed by atoms with Crippen LogP contribution < -0.4 is 5.32 Å². The molecule has 0 rings (SSSR count). The Labute approximate surface area is 128 Å². The first-order valence-electron chi connectivity index (χ1n) is 9.07. The topological polar surface area (TPSA) is 12.0 Å². The van der Waals surface area contributed by atoms with Crippen molar-refractivity contribution in [2.24, 2.45) is 0 Å². The Morgan fingerprint density at radius 1 is 0.600 bits per heavy atom. The molecule has 2 heteroatoms. The molecule has 0 radical (unpaired) electrons. The van der Waals surface area contributed by atoms with E-state index >= 15 is 0 Å². The molecule has 0 aliphatic rings. The van der Waals surface area contributed by atoms with Crippen LogP contribution in [-0.2, 0) is 0 Å². The monoisotopic (exact) mass is 285 g/mol. The fraction of sp³-hybridized carbons (Fsp3) is 1.00. The van der Waals surface area contributed by atoms with Crippen molar-refractivity contribution in [1.82, 2.24) is 5.32 Å². The third-order valence-corrected chi connectivity index (χ3v) is 3.93. The van der Waals surface area contributed by atoms with Crippen molar-refractivity contribution in [1.29, 1.82) is 0 Å². The van der Waals surface area contributed by atoms with Gasteiger partial charge in [-0.25, -0.2) is 0 Å². The highest BCUT2D eigenvalue weighted by atomic mass is 15.3. The first kappa shape index (κ1) is 19.9. The molecule has 0 spiro atoms. The molecule has 0 bridgehead atoms. The lowest BCUT2D eigenvalue weighted by Crippen LogP contribution is -2.35. The van der Waals surface area contributed by atoms with Gasteiger partial charge in [-0.15, -0.1) is 0 Å². The Kier molecular flexibility index (Phi) is 13.8. The van der Waals surface area contributed by atoms with Gasteiger partial charge < -0.3 is 9.80 Å². The molecule has 0 aliphatic heterocycles. The maximum Gasteiger partial charge on any atom is 0.0780 e. The van der Waals surface area contributed by atoms with Crippen LogP contribution in [-0.4, -0.2) is 45.3 Å². The van der Waals surface area contributed by atoms with Crippen LogP contribution in [0.1, 0.15) is 77.6 Å². The quantitative estimate of drug-likeness (QED) is 0.343. The van der Waals surface area contributed by atoms with Crippen LogP contribution in [0.15, 0.2) is 0 Å². The highest BCUT2D eigenvalue weighted by molar-refractivity contribution is 4.50. The molecule has 0 atom stereocenters. The number of hydrogen-bond acceptors (Lipinski definition) is 1. The van der Waals surface area contributed by atoms with Crippen molar-refractivity contribution in [2.45, 2.75) is 77.6 Å². The standard InChI is InChI=1S/C18H41N2/c1-5-19-17-15-13-11-9-7-6-8-10-12-14-16-18-20(2,3)4/h19H,5-18H2,1-4H3/q+1. The predicted octanol–water partition coefficient (Wildman–Crippen LogP) is 4.59. The number of quaternary nitrogens is 1. The maximum atomic E-state index is 3.39. The van der Waals surface area contributed by atoms with Gasteiger partial charge in [0, 0.05) is 0 Å². The summed E-state index contributed by atoms with van der Waals surface area (Å²) in [6.07, 6.45) is 15.8. The van der Waals surface area contributed by atoms with Gasteiger partial charge in [0.1, 0.15) is 0 Å². The van der Waals surface area contributed by atoms with Crippen molar-refractivity contribution in [3.63, 3.8) is 0 Å². The van der Waals surface area contributed by atoms with E-state index in [1.807, 2.05) is 0 Å². The average molecular weight is 286 g/mol. The molecule has 20 heavy (non-hydrogen) atoms. The van der Waals surface area contributed by atoms with E-state index in [-0.39, 0.29) is 0 Å². The van der Waals surface area contributed by atoms with Crippen molar-refractivity contribution in [3.8, 4) is 0 Å². The Balaban J connectivity index is 2.99. The molecule has 0 saturated carbocycles. The zero-order valence-corrected chi connectivity index (χ0v) is 14.8. The van der Waals surface area contributed by atoms with Crippen molar-refractivity contribution in [2.75, 3.05) is 40.8 Å². The molecule has 1 N–H and O–H groups in total. The smallest absolute Gasteiger partial charge is 0.0780 e. The second-order valence-electron chi connectivity index (χ2n) is 7.26. The van der Waals surface area contributed by atoms with Crippen LogP contribution in [0.5, 0.6) is 0 Å². The molecule has 122 valence electrons. The number of rotatable bonds is 15. The van der Waals surface area contributed by atoms with Crippen LogP contribution in [0.3, 0.4) is 0 Å². The lowest BCUT2D eigenvalue weighted by atomic mass is 10.1. The number of unbranched alkanes of at least 4 members (excludes halogenated alkanes) is 10. The zero-order chi connectivity index (χ0) is 15.1. The Morgan fingerprint density at radius 2 is 1.00 bits per heavy atom. The van der Waals surface area contributed by atoms with E-state index in [1.54, 1.807) is 0 Å². The molecule has 0 unspecified atom stereocenters. The molecule has 0 aromatic heterocycles. The van der Waals surface area contributed by atoms with E-state index in [1.165, 1.54) is 83.7 Å². The van der Waals surface area contributed by atoms with Gasteiger partial charge in [-0.1, -0.05) is 58.3 Å². The van der Waals surface area contributed by atoms with Gasteiger partial charge in [0.15, 0.2) is 0 Å². The first-order chi connectivity index (χ1) is 9.56. The molecule has 0 heterocycles. The number of nitrogens with one attached hydrogen (secondary N) is 1. The molecule has 2 nitrogen and oxygen atoms in total. The Morgan fingerprint density at radius 3 is 1.40 bits per heavy atom. The molecule has 0 aromatic rings. The fourth-order valence-corrected chi connectivity index (χ4v) is 2.60. The lowest BCUT2D eigenvalue weighted by molar-refractivity contribution is -0.870. The SMILES string of the molecule is CCNCCCCCCCCCCCCC[N+](C)(C)C. The maximum absolute atomic E-state index is 3.39. The van der Waals surface area contributed by atoms with E-state index < -0.39 is 0 Å². The Hall–Kier alpha value is -0.0800. The normalized spacial score (nSPS) is 12.0. The van der Waals surface area contributed by atoms with Gasteiger partial charge in [0.25, 0.3) is 0 Å². The molecule has 0 aliphatic carbocycles. The summed E-state index contributed by atoms with van der Waals surface area (Å²) in [7, 11) is 6.87. The minimum atomic E-state index is 1.12. The molecular weight excluding hydrogens is 244 g/mol. The van der Waals surface area contributed by atoms with E-state index in [2.05, 4.69) is 33.4 Å². The minimum Gasteiger partial charge on any atom is -0.331 e. The van der Waals surface area contributed by atoms with Crippen LogP contribution in [0, 0.1) is 0 Å². The number of nitrogens with zero attached hydrogens (tertiary/aromatic N) is 1. The van der Waals surface area contributed by atoms with E-state index in [0.717, 1.165) is 11.0 Å². The van der Waals surface area contributed by atoms with E-state index in [4.69, 9.17) is 0 Å². The Bertz CT molecular complexity index is 184. The van der Waals surface area contributed by atoms with E-state index in [9.17, 15) is 0 Å². The van der Waals surface area contributed by atoms with Crippen LogP contribution in [0.2, 0.25) is 0 Å². The van der Waals surface area contributed by atoms with Crippen LogP contribution >= 0.6 is 0 Å². The van der Waals surface area contributed by atoms with Gasteiger partial charge >= 0.3 is 0 Å². The highest BCUT2D eigenvalue weighted by Crippen LogP contribution is 2.11. The van der Waals surface area contributed by atoms with Gasteiger partial charge in [-0.05, 0) is 32.4 Å². The molecule has 0 aromatic carbocycles. The minimum absolute atomic E-state index is 1.12. The van der Waals surface area contributed by atoms with Crippen molar-refractivity contribution >= 4 is 0 Å². The van der Waals surface area contributed by atoms with Crippen LogP contribution in [0.25, 0.3) is 0 Å². The van der Waals surface area contributed by atoms with E-state index in [0.29, 0.717) is 0 Å². The molecule has 0 amide bonds. The molecular formula is C18H41N2+. The number of hydrogen-bond donors (Lipinski definition) is 1. The third kappa shape index (κ3) is 17.9. The lowest BCUT2D eigenvalue weighted by Gasteiger charge is -2.23. The predicted molar refractivity (Wildman–Crippen MR) is 92.2 cm³/mol. The summed E-state index contributed by atoms with van der Waals surface area (Å²) in [4.78, 5) is 0. The van der Waals surface area contributed by atoms with Crippen molar-refractivity contribution in [3.05, 3.63) is 0 Å². The summed E-state index contributed by atoms with van der Waals surface area (Å²) in [5.41, 5.74) is 0. The molecule has 0 fully saturated rings. The summed E-state index contributed by atoms with van der Waals surface area (Å²) in [5, 5.41) is 3.39. The van der Waals surface area contributed by atoms with Crippen LogP contribution in [0.4, 0.5) is 0 Å². The molecule has 0 saturated heterocycles. The van der Waals surface area contributed by atoms with Gasteiger partial charge in [-0.3, -0.25) is 0 Å². The summed E-state index contributed by atoms with van der Waals surface area (Å²) in [5.74, 6) is 0. The van der Waals surface area contributed by atoms with Gasteiger partial charge in [0.2, 0.25) is 0 Å². The third-order valence-electron chi connectivity index (χ3n) is 3.93. The van der Waals surface area contributed by atoms with Crippen molar-refractivity contribution < 1.29 is 4.48 Å². The highest BCUT2D eigenvalue weighted by Gasteiger charge is 2.04. The average Bonchev–Trinajstić information content (AvgIpc) is 2.38. The zero-order valence-electron chi connectivity index (χ0n) is 14.8. The van der Waals surface area contributed by atoms with Gasteiger partial charge in [0.05, 0.1) is 27.7 Å². The second kappa shape index (κ2) is 13.9. The summed E-state index contributed by atoms with van der Waals surface area (Å²) in [6, 6.07) is 0. The summed E-state index contributed by atoms with van der Waals surface area (Å²) >= 11 is 0. The summed E-state index contributed by atoms with van der Waals surface area (Å²) in [6.45, 7) is 5.84. The van der Waals surface area contributed by atoms with Gasteiger partial charge in [-0.2, -0.15) is 0 Å².